The molecule has 0 spiro atoms. The van der Waals surface area contributed by atoms with Gasteiger partial charge in [-0.2, -0.15) is 0 Å². The fourth-order valence-corrected chi connectivity index (χ4v) is 7.06. The Kier molecular flexibility index (Phi) is 3.51. The van der Waals surface area contributed by atoms with E-state index in [1.807, 2.05) is 0 Å². The maximum absolute atomic E-state index is 12.0. The van der Waals surface area contributed by atoms with Crippen LogP contribution in [0, 0.1) is 28.6 Å². The average molecular weight is 333 g/mol. The van der Waals surface area contributed by atoms with Crippen LogP contribution in [0.25, 0.3) is 0 Å². The van der Waals surface area contributed by atoms with E-state index in [-0.39, 0.29) is 16.9 Å². The maximum atomic E-state index is 12.0. The van der Waals surface area contributed by atoms with Gasteiger partial charge in [-0.25, -0.2) is 0 Å². The van der Waals surface area contributed by atoms with Gasteiger partial charge in [-0.15, -0.1) is 0 Å². The molecule has 4 N–H and O–H groups in total. The first-order chi connectivity index (χ1) is 11.2. The zero-order valence-corrected chi connectivity index (χ0v) is 14.9. The van der Waals surface area contributed by atoms with Gasteiger partial charge in [-0.1, -0.05) is 25.5 Å². The van der Waals surface area contributed by atoms with Crippen LogP contribution in [0.3, 0.4) is 0 Å². The summed E-state index contributed by atoms with van der Waals surface area (Å²) in [5.74, 6) is 0.972. The van der Waals surface area contributed by atoms with Crippen LogP contribution in [0.2, 0.25) is 0 Å². The fourth-order valence-electron chi connectivity index (χ4n) is 7.06. The predicted octanol–water partition coefficient (Wildman–Crippen LogP) is 2.53. The molecular weight excluding hydrogens is 302 g/mol. The largest absolute Gasteiger partial charge is 0.393 e. The van der Waals surface area contributed by atoms with Gasteiger partial charge >= 0.3 is 0 Å². The molecule has 24 heavy (non-hydrogen) atoms. The lowest BCUT2D eigenvalue weighted by Crippen LogP contribution is -2.59. The predicted molar refractivity (Wildman–Crippen MR) is 91.9 cm³/mol. The van der Waals surface area contributed by atoms with Gasteiger partial charge in [0.05, 0.1) is 6.10 Å². The van der Waals surface area contributed by atoms with Crippen molar-refractivity contribution >= 4 is 5.91 Å². The summed E-state index contributed by atoms with van der Waals surface area (Å²) in [6.07, 6.45) is 9.34. The molecule has 0 aromatic rings. The number of carbonyl (C=O) groups excluding carboxylic acids is 1. The molecule has 3 saturated carbocycles. The van der Waals surface area contributed by atoms with Crippen LogP contribution < -0.4 is 5.73 Å². The number of hydrogen-bond donors (Lipinski definition) is 3. The molecule has 4 heteroatoms. The van der Waals surface area contributed by atoms with Crippen LogP contribution in [0.4, 0.5) is 0 Å². The molecule has 0 saturated heterocycles. The first kappa shape index (κ1) is 16.6. The molecule has 134 valence electrons. The van der Waals surface area contributed by atoms with E-state index < -0.39 is 11.5 Å². The number of rotatable bonds is 1. The molecule has 1 amide bonds. The number of allylic oxidation sites excluding steroid dienone is 1. The summed E-state index contributed by atoms with van der Waals surface area (Å²) >= 11 is 0. The lowest BCUT2D eigenvalue weighted by atomic mass is 9.47. The fraction of sp³-hybridized carbons (Fsp3) is 0.850. The van der Waals surface area contributed by atoms with Crippen molar-refractivity contribution in [1.29, 1.82) is 0 Å². The normalized spacial score (nSPS) is 53.6. The number of aliphatic hydroxyl groups is 2. The van der Waals surface area contributed by atoms with Crippen LogP contribution >= 0.6 is 0 Å². The minimum absolute atomic E-state index is 0.179. The monoisotopic (exact) mass is 333 g/mol. The number of amides is 1. The highest BCUT2D eigenvalue weighted by Gasteiger charge is 2.65. The molecule has 0 aromatic carbocycles. The number of primary amides is 1. The molecule has 0 aliphatic heterocycles. The Bertz CT molecular complexity index is 602. The van der Waals surface area contributed by atoms with E-state index >= 15 is 0 Å². The van der Waals surface area contributed by atoms with E-state index in [0.717, 1.165) is 44.9 Å². The summed E-state index contributed by atoms with van der Waals surface area (Å²) < 4.78 is 0. The summed E-state index contributed by atoms with van der Waals surface area (Å²) in [7, 11) is 0. The van der Waals surface area contributed by atoms with Crippen molar-refractivity contribution in [3.63, 3.8) is 0 Å². The maximum Gasteiger partial charge on any atom is 0.249 e. The molecule has 0 heterocycles. The second-order valence-electron chi connectivity index (χ2n) is 9.38. The number of nitrogens with two attached hydrogens (primary N) is 1. The van der Waals surface area contributed by atoms with Crippen molar-refractivity contribution in [1.82, 2.24) is 0 Å². The van der Waals surface area contributed by atoms with Gasteiger partial charge in [0.25, 0.3) is 0 Å². The van der Waals surface area contributed by atoms with Gasteiger partial charge in [0.1, 0.15) is 5.60 Å². The van der Waals surface area contributed by atoms with E-state index in [9.17, 15) is 15.0 Å². The molecule has 0 aromatic heterocycles. The van der Waals surface area contributed by atoms with Crippen molar-refractivity contribution in [2.45, 2.75) is 76.9 Å². The van der Waals surface area contributed by atoms with E-state index in [1.165, 1.54) is 5.57 Å². The molecule has 0 bridgehead atoms. The topological polar surface area (TPSA) is 83.6 Å². The first-order valence-corrected chi connectivity index (χ1v) is 9.62. The van der Waals surface area contributed by atoms with Crippen LogP contribution in [0.5, 0.6) is 0 Å². The Balaban J connectivity index is 1.69. The summed E-state index contributed by atoms with van der Waals surface area (Å²) in [5.41, 5.74) is 5.54. The van der Waals surface area contributed by atoms with Gasteiger partial charge in [0.2, 0.25) is 5.91 Å². The molecule has 4 rings (SSSR count). The number of aliphatic hydroxyl groups excluding tert-OH is 1. The highest BCUT2D eigenvalue weighted by atomic mass is 16.3. The molecule has 4 aliphatic rings. The van der Waals surface area contributed by atoms with Gasteiger partial charge in [-0.05, 0) is 74.5 Å². The third kappa shape index (κ3) is 1.90. The third-order valence-electron chi connectivity index (χ3n) is 8.64. The van der Waals surface area contributed by atoms with Crippen molar-refractivity contribution in [3.05, 3.63) is 11.6 Å². The smallest absolute Gasteiger partial charge is 0.249 e. The minimum atomic E-state index is -1.34. The van der Waals surface area contributed by atoms with Crippen molar-refractivity contribution in [2.75, 3.05) is 0 Å². The van der Waals surface area contributed by atoms with Gasteiger partial charge in [0, 0.05) is 5.41 Å². The summed E-state index contributed by atoms with van der Waals surface area (Å²) in [5, 5.41) is 21.1. The Labute approximate surface area is 144 Å². The Morgan fingerprint density at radius 2 is 1.88 bits per heavy atom. The summed E-state index contributed by atoms with van der Waals surface area (Å²) in [4.78, 5) is 12.0. The van der Waals surface area contributed by atoms with Crippen molar-refractivity contribution in [3.8, 4) is 0 Å². The average Bonchev–Trinajstić information content (AvgIpc) is 2.81. The Morgan fingerprint density at radius 3 is 2.58 bits per heavy atom. The molecule has 0 radical (unpaired) electrons. The lowest BCUT2D eigenvalue weighted by molar-refractivity contribution is -0.160. The van der Waals surface area contributed by atoms with E-state index in [4.69, 9.17) is 5.73 Å². The van der Waals surface area contributed by atoms with Crippen molar-refractivity contribution in [2.24, 2.45) is 34.3 Å². The highest BCUT2D eigenvalue weighted by molar-refractivity contribution is 5.84. The van der Waals surface area contributed by atoms with Gasteiger partial charge < -0.3 is 15.9 Å². The molecule has 3 fully saturated rings. The number of carbonyl (C=O) groups is 1. The lowest BCUT2D eigenvalue weighted by Gasteiger charge is -2.58. The van der Waals surface area contributed by atoms with Crippen molar-refractivity contribution < 1.29 is 15.0 Å². The zero-order chi connectivity index (χ0) is 17.3. The van der Waals surface area contributed by atoms with Crippen LogP contribution in [-0.2, 0) is 4.79 Å². The first-order valence-electron chi connectivity index (χ1n) is 9.62. The second kappa shape index (κ2) is 5.07. The molecule has 4 nitrogen and oxygen atoms in total. The summed E-state index contributed by atoms with van der Waals surface area (Å²) in [6.45, 7) is 4.48. The zero-order valence-electron chi connectivity index (χ0n) is 14.9. The van der Waals surface area contributed by atoms with Gasteiger partial charge in [-0.3, -0.25) is 4.79 Å². The van der Waals surface area contributed by atoms with Gasteiger partial charge in [0.15, 0.2) is 0 Å². The van der Waals surface area contributed by atoms with E-state index in [0.29, 0.717) is 24.2 Å². The quantitative estimate of drug-likeness (QED) is 0.645. The molecule has 7 atom stereocenters. The number of fused-ring (bicyclic) bond motifs is 5. The Hall–Kier alpha value is -0.870. The van der Waals surface area contributed by atoms with Crippen LogP contribution in [0.1, 0.15) is 65.2 Å². The minimum Gasteiger partial charge on any atom is -0.393 e. The number of hydrogen-bond acceptors (Lipinski definition) is 3. The van der Waals surface area contributed by atoms with Crippen LogP contribution in [-0.4, -0.2) is 27.8 Å². The third-order valence-corrected chi connectivity index (χ3v) is 8.64. The van der Waals surface area contributed by atoms with E-state index in [1.54, 1.807) is 0 Å². The van der Waals surface area contributed by atoms with Crippen LogP contribution in [0.15, 0.2) is 11.6 Å². The second-order valence-corrected chi connectivity index (χ2v) is 9.38. The molecule has 4 aliphatic carbocycles. The standard InChI is InChI=1S/C20H31NO3/c1-18-8-5-13(22)11-12(18)3-4-14-15(18)6-9-19(2)16(14)7-10-20(19,24)17(21)23/h3,13-16,22,24H,4-11H2,1-2H3,(H2,21,23)/t13-,14+,15-,16-,18-,19-,20?/m0/s1. The molecular formula is C20H31NO3. The SMILES string of the molecule is C[C@]12CC[C@H](O)CC1=CC[C@@H]1[C@@H]2CC[C@@]2(C)[C@H]1CCC2(O)C(N)=O. The summed E-state index contributed by atoms with van der Waals surface area (Å²) in [6, 6.07) is 0. The molecule has 1 unspecified atom stereocenters. The van der Waals surface area contributed by atoms with E-state index in [2.05, 4.69) is 19.9 Å². The highest BCUT2D eigenvalue weighted by Crippen LogP contribution is 2.67. The Morgan fingerprint density at radius 1 is 1.17 bits per heavy atom.